The third kappa shape index (κ3) is 2.25. The van der Waals surface area contributed by atoms with Crippen molar-refractivity contribution < 1.29 is 4.79 Å². The minimum Gasteiger partial charge on any atom is -0.368 e. The van der Waals surface area contributed by atoms with Crippen LogP contribution in [-0.2, 0) is 0 Å². The van der Waals surface area contributed by atoms with Crippen LogP contribution in [0.2, 0.25) is 0 Å². The first-order valence-corrected chi connectivity index (χ1v) is 7.97. The Morgan fingerprint density at radius 2 is 1.92 bits per heavy atom. The normalized spacial score (nSPS) is 12.5. The fourth-order valence-corrected chi connectivity index (χ4v) is 3.17. The molecule has 1 aromatic carbocycles. The zero-order chi connectivity index (χ0) is 16.7. The summed E-state index contributed by atoms with van der Waals surface area (Å²) < 4.78 is 0. The number of likely N-dealkylation sites (N-methyl/N-ethyl adjacent to an activating group) is 1. The molecule has 5 heteroatoms. The molecule has 0 unspecified atom stereocenters. The van der Waals surface area contributed by atoms with Crippen LogP contribution in [0.25, 0.3) is 22.0 Å². The number of nitrogens with one attached hydrogen (secondary N) is 1. The first-order valence-electron chi connectivity index (χ1n) is 7.97. The average molecular weight is 318 g/mol. The third-order valence-electron chi connectivity index (χ3n) is 4.31. The van der Waals surface area contributed by atoms with Crippen molar-refractivity contribution in [1.82, 2.24) is 14.9 Å². The number of benzene rings is 1. The maximum Gasteiger partial charge on any atom is 0.199 e. The van der Waals surface area contributed by atoms with E-state index in [4.69, 9.17) is 4.98 Å². The molecular weight excluding hydrogens is 300 g/mol. The number of anilines is 1. The summed E-state index contributed by atoms with van der Waals surface area (Å²) in [5, 5.41) is 4.34. The molecule has 2 aromatic heterocycles. The van der Waals surface area contributed by atoms with E-state index in [0.29, 0.717) is 16.9 Å². The zero-order valence-corrected chi connectivity index (χ0v) is 13.7. The van der Waals surface area contributed by atoms with Gasteiger partial charge in [0.15, 0.2) is 5.78 Å². The van der Waals surface area contributed by atoms with Gasteiger partial charge in [0.05, 0.1) is 11.1 Å². The van der Waals surface area contributed by atoms with Gasteiger partial charge in [0.2, 0.25) is 0 Å². The molecule has 1 aliphatic carbocycles. The largest absolute Gasteiger partial charge is 0.368 e. The second-order valence-electron chi connectivity index (χ2n) is 6.21. The Morgan fingerprint density at radius 1 is 1.08 bits per heavy atom. The molecule has 0 radical (unpaired) electrons. The van der Waals surface area contributed by atoms with E-state index in [0.717, 1.165) is 35.1 Å². The van der Waals surface area contributed by atoms with Crippen LogP contribution < -0.4 is 5.32 Å². The first-order chi connectivity index (χ1) is 11.7. The fraction of sp³-hybridized carbons (Fsp3) is 0.211. The predicted molar refractivity (Wildman–Crippen MR) is 95.5 cm³/mol. The molecule has 120 valence electrons. The van der Waals surface area contributed by atoms with E-state index in [9.17, 15) is 4.79 Å². The topological polar surface area (TPSA) is 58.1 Å². The van der Waals surface area contributed by atoms with E-state index in [2.05, 4.69) is 15.2 Å². The van der Waals surface area contributed by atoms with E-state index in [1.807, 2.05) is 44.4 Å². The summed E-state index contributed by atoms with van der Waals surface area (Å²) in [6, 6.07) is 9.86. The van der Waals surface area contributed by atoms with Crippen LogP contribution in [0, 0.1) is 0 Å². The second kappa shape index (κ2) is 5.69. The van der Waals surface area contributed by atoms with Crippen molar-refractivity contribution in [3.05, 3.63) is 53.9 Å². The number of para-hydroxylation sites is 1. The van der Waals surface area contributed by atoms with Crippen LogP contribution in [0.15, 0.2) is 42.7 Å². The molecule has 5 nitrogen and oxygen atoms in total. The van der Waals surface area contributed by atoms with Crippen LogP contribution in [0.3, 0.4) is 0 Å². The summed E-state index contributed by atoms with van der Waals surface area (Å²) in [5.74, 6) is 0.658. The number of ketones is 1. The predicted octanol–water partition coefficient (Wildman–Crippen LogP) is 2.81. The molecule has 24 heavy (non-hydrogen) atoms. The summed E-state index contributed by atoms with van der Waals surface area (Å²) in [6.45, 7) is 1.60. The van der Waals surface area contributed by atoms with Crippen molar-refractivity contribution in [3.8, 4) is 11.1 Å². The molecular formula is C19H18N4O. The Balaban J connectivity index is 1.92. The first kappa shape index (κ1) is 14.8. The number of hydrogen-bond acceptors (Lipinski definition) is 5. The minimum atomic E-state index is -0.00120. The van der Waals surface area contributed by atoms with E-state index >= 15 is 0 Å². The number of fused-ring (bicyclic) bond motifs is 5. The van der Waals surface area contributed by atoms with Gasteiger partial charge in [-0.15, -0.1) is 0 Å². The summed E-state index contributed by atoms with van der Waals surface area (Å²) in [5.41, 5.74) is 4.12. The maximum atomic E-state index is 12.9. The lowest BCUT2D eigenvalue weighted by atomic mass is 10.0. The molecule has 0 saturated carbocycles. The molecule has 0 atom stereocenters. The monoisotopic (exact) mass is 318 g/mol. The van der Waals surface area contributed by atoms with Crippen LogP contribution in [-0.4, -0.2) is 47.8 Å². The maximum absolute atomic E-state index is 12.9. The molecule has 2 heterocycles. The molecule has 0 amide bonds. The SMILES string of the molecule is CN(C)CCNc1nc2ccccc2c2c1C(=O)c1cnccc1-2. The van der Waals surface area contributed by atoms with Crippen LogP contribution in [0.4, 0.5) is 5.82 Å². The number of nitrogens with zero attached hydrogens (tertiary/aromatic N) is 3. The molecule has 0 bridgehead atoms. The van der Waals surface area contributed by atoms with E-state index in [-0.39, 0.29) is 5.78 Å². The zero-order valence-electron chi connectivity index (χ0n) is 13.7. The molecule has 4 rings (SSSR count). The highest BCUT2D eigenvalue weighted by molar-refractivity contribution is 6.27. The van der Waals surface area contributed by atoms with Crippen LogP contribution >= 0.6 is 0 Å². The van der Waals surface area contributed by atoms with Gasteiger partial charge in [0, 0.05) is 42.0 Å². The van der Waals surface area contributed by atoms with Crippen LogP contribution in [0.5, 0.6) is 0 Å². The van der Waals surface area contributed by atoms with Crippen molar-refractivity contribution >= 4 is 22.5 Å². The number of aromatic nitrogens is 2. The van der Waals surface area contributed by atoms with Gasteiger partial charge in [0.1, 0.15) is 5.82 Å². The van der Waals surface area contributed by atoms with Gasteiger partial charge in [0.25, 0.3) is 0 Å². The van der Waals surface area contributed by atoms with Gasteiger partial charge in [-0.25, -0.2) is 4.98 Å². The Labute approximate surface area is 140 Å². The molecule has 0 spiro atoms. The van der Waals surface area contributed by atoms with Crippen LogP contribution in [0.1, 0.15) is 15.9 Å². The van der Waals surface area contributed by atoms with Gasteiger partial charge in [-0.3, -0.25) is 9.78 Å². The third-order valence-corrected chi connectivity index (χ3v) is 4.31. The van der Waals surface area contributed by atoms with Crippen molar-refractivity contribution in [2.75, 3.05) is 32.5 Å². The molecule has 0 saturated heterocycles. The van der Waals surface area contributed by atoms with E-state index in [1.165, 1.54) is 0 Å². The number of hydrogen-bond donors (Lipinski definition) is 1. The average Bonchev–Trinajstić information content (AvgIpc) is 2.89. The van der Waals surface area contributed by atoms with Gasteiger partial charge in [-0.2, -0.15) is 0 Å². The lowest BCUT2D eigenvalue weighted by Gasteiger charge is -2.14. The standard InChI is InChI=1S/C19H18N4O/c1-23(2)10-9-21-19-17-16(13-5-3-4-6-15(13)22-19)12-7-8-20-11-14(12)18(17)24/h3-8,11H,9-10H2,1-2H3,(H,21,22). The summed E-state index contributed by atoms with van der Waals surface area (Å²) >= 11 is 0. The Hall–Kier alpha value is -2.79. The van der Waals surface area contributed by atoms with Crippen molar-refractivity contribution in [1.29, 1.82) is 0 Å². The second-order valence-corrected chi connectivity index (χ2v) is 6.21. The summed E-state index contributed by atoms with van der Waals surface area (Å²) in [4.78, 5) is 23.8. The van der Waals surface area contributed by atoms with Gasteiger partial charge >= 0.3 is 0 Å². The molecule has 1 N–H and O–H groups in total. The van der Waals surface area contributed by atoms with Gasteiger partial charge in [-0.05, 0) is 31.8 Å². The highest BCUT2D eigenvalue weighted by atomic mass is 16.1. The van der Waals surface area contributed by atoms with Gasteiger partial charge in [-0.1, -0.05) is 18.2 Å². The highest BCUT2D eigenvalue weighted by Crippen LogP contribution is 2.43. The lowest BCUT2D eigenvalue weighted by molar-refractivity contribution is 0.104. The highest BCUT2D eigenvalue weighted by Gasteiger charge is 2.32. The van der Waals surface area contributed by atoms with E-state index in [1.54, 1.807) is 12.4 Å². The van der Waals surface area contributed by atoms with Gasteiger partial charge < -0.3 is 10.2 Å². The van der Waals surface area contributed by atoms with E-state index < -0.39 is 0 Å². The smallest absolute Gasteiger partial charge is 0.199 e. The number of carbonyl (C=O) groups excluding carboxylic acids is 1. The van der Waals surface area contributed by atoms with Crippen molar-refractivity contribution in [2.24, 2.45) is 0 Å². The fourth-order valence-electron chi connectivity index (χ4n) is 3.17. The Kier molecular flexibility index (Phi) is 3.50. The summed E-state index contributed by atoms with van der Waals surface area (Å²) in [7, 11) is 4.04. The Morgan fingerprint density at radius 3 is 2.75 bits per heavy atom. The molecule has 3 aromatic rings. The molecule has 0 aliphatic heterocycles. The summed E-state index contributed by atoms with van der Waals surface area (Å²) in [6.07, 6.45) is 3.38. The quantitative estimate of drug-likeness (QED) is 0.627. The molecule has 0 fully saturated rings. The minimum absolute atomic E-state index is 0.00120. The van der Waals surface area contributed by atoms with Crippen molar-refractivity contribution in [3.63, 3.8) is 0 Å². The molecule has 1 aliphatic rings. The number of rotatable bonds is 4. The lowest BCUT2D eigenvalue weighted by Crippen LogP contribution is -2.22. The number of pyridine rings is 2. The Bertz CT molecular complexity index is 949. The number of carbonyl (C=O) groups is 1. The van der Waals surface area contributed by atoms with Crippen molar-refractivity contribution in [2.45, 2.75) is 0 Å².